The molecular formula is C14H10N4S. The van der Waals surface area contributed by atoms with Crippen molar-refractivity contribution in [2.45, 2.75) is 0 Å². The van der Waals surface area contributed by atoms with Gasteiger partial charge in [0.2, 0.25) is 0 Å². The van der Waals surface area contributed by atoms with E-state index in [2.05, 4.69) is 32.3 Å². The summed E-state index contributed by atoms with van der Waals surface area (Å²) >= 11 is 1.46. The molecule has 0 aliphatic carbocycles. The highest BCUT2D eigenvalue weighted by molar-refractivity contribution is 8.06. The van der Waals surface area contributed by atoms with E-state index in [9.17, 15) is 0 Å². The Bertz CT molecular complexity index is 780. The number of fused-ring (bicyclic) bond motifs is 1. The summed E-state index contributed by atoms with van der Waals surface area (Å²) in [5.41, 5.74) is 4.53. The first-order valence-corrected chi connectivity index (χ1v) is 6.54. The van der Waals surface area contributed by atoms with Crippen molar-refractivity contribution in [2.24, 2.45) is 15.0 Å². The summed E-state index contributed by atoms with van der Waals surface area (Å²) in [5.74, 6) is 0. The number of aliphatic imine (C=N–C) groups is 1. The van der Waals surface area contributed by atoms with Crippen LogP contribution in [0.1, 0.15) is 0 Å². The zero-order valence-electron chi connectivity index (χ0n) is 10.1. The maximum atomic E-state index is 4.52. The summed E-state index contributed by atoms with van der Waals surface area (Å²) in [6.07, 6.45) is 7.07. The Morgan fingerprint density at radius 2 is 2.32 bits per heavy atom. The summed E-state index contributed by atoms with van der Waals surface area (Å²) in [6.45, 7) is 4.44. The van der Waals surface area contributed by atoms with Gasteiger partial charge in [-0.3, -0.25) is 9.98 Å². The summed E-state index contributed by atoms with van der Waals surface area (Å²) in [5, 5.41) is 1.43. The molecule has 92 valence electrons. The smallest absolute Gasteiger partial charge is 0.178 e. The van der Waals surface area contributed by atoms with Crippen LogP contribution in [0.15, 0.2) is 73.4 Å². The molecule has 0 saturated carbocycles. The van der Waals surface area contributed by atoms with E-state index in [-0.39, 0.29) is 0 Å². The summed E-state index contributed by atoms with van der Waals surface area (Å²) in [7, 11) is 0. The van der Waals surface area contributed by atoms with Crippen LogP contribution in [0.4, 0.5) is 0 Å². The standard InChI is InChI=1S/C14H10N4S/c1-10-18-14-11(5-4-8-16-14)17-9-12-13(19-10)6-2-3-7-15-12/h3-8H,1,9H2/b17-11-,18-14+. The highest BCUT2D eigenvalue weighted by Crippen LogP contribution is 2.29. The lowest BCUT2D eigenvalue weighted by molar-refractivity contribution is 0.998. The van der Waals surface area contributed by atoms with Gasteiger partial charge in [-0.1, -0.05) is 18.3 Å². The minimum Gasteiger partial charge on any atom is -0.275 e. The number of allylic oxidation sites excluding steroid dienone is 1. The molecule has 3 rings (SSSR count). The first-order chi connectivity index (χ1) is 9.33. The molecule has 0 N–H and O–H groups in total. The average molecular weight is 266 g/mol. The molecule has 0 bridgehead atoms. The maximum Gasteiger partial charge on any atom is 0.178 e. The number of hydrogen-bond donors (Lipinski definition) is 0. The zero-order valence-corrected chi connectivity index (χ0v) is 10.9. The van der Waals surface area contributed by atoms with E-state index in [1.54, 1.807) is 18.5 Å². The maximum absolute atomic E-state index is 4.52. The highest BCUT2D eigenvalue weighted by Gasteiger charge is 2.08. The third-order valence-corrected chi connectivity index (χ3v) is 3.42. The van der Waals surface area contributed by atoms with Crippen LogP contribution in [0.2, 0.25) is 0 Å². The van der Waals surface area contributed by atoms with Gasteiger partial charge in [-0.2, -0.15) is 0 Å². The van der Waals surface area contributed by atoms with Gasteiger partial charge in [0.15, 0.2) is 5.49 Å². The Kier molecular flexibility index (Phi) is 3.23. The van der Waals surface area contributed by atoms with Gasteiger partial charge >= 0.3 is 0 Å². The Morgan fingerprint density at radius 3 is 3.26 bits per heavy atom. The lowest BCUT2D eigenvalue weighted by Crippen LogP contribution is -2.28. The van der Waals surface area contributed by atoms with Gasteiger partial charge in [-0.05, 0) is 24.3 Å². The third kappa shape index (κ3) is 2.62. The molecule has 0 atom stereocenters. The SMILES string of the molecule is C=C1/N=c2/nccc/c2=N/CC2=C(C=C=CC=N2)S1. The van der Waals surface area contributed by atoms with Crippen LogP contribution in [0, 0.1) is 0 Å². The molecule has 0 radical (unpaired) electrons. The van der Waals surface area contributed by atoms with Crippen molar-refractivity contribution in [3.05, 3.63) is 69.3 Å². The molecule has 5 heteroatoms. The summed E-state index contributed by atoms with van der Waals surface area (Å²) in [4.78, 5) is 18.5. The molecule has 1 aromatic heterocycles. The molecule has 3 heterocycles. The summed E-state index contributed by atoms with van der Waals surface area (Å²) in [6, 6.07) is 3.74. The second-order valence-corrected chi connectivity index (χ2v) is 4.95. The molecule has 0 unspecified atom stereocenters. The van der Waals surface area contributed by atoms with Crippen molar-refractivity contribution in [1.29, 1.82) is 0 Å². The number of hydrogen-bond acceptors (Lipinski definition) is 5. The molecule has 1 aromatic rings. The average Bonchev–Trinajstić information content (AvgIpc) is 2.59. The molecule has 0 fully saturated rings. The van der Waals surface area contributed by atoms with Crippen molar-refractivity contribution in [3.8, 4) is 0 Å². The van der Waals surface area contributed by atoms with Gasteiger partial charge in [-0.15, -0.1) is 5.73 Å². The second kappa shape index (κ2) is 5.18. The minimum atomic E-state index is 0.492. The van der Waals surface area contributed by atoms with E-state index in [0.29, 0.717) is 17.1 Å². The van der Waals surface area contributed by atoms with Gasteiger partial charge in [0, 0.05) is 17.3 Å². The fourth-order valence-corrected chi connectivity index (χ4v) is 2.42. The molecule has 0 spiro atoms. The van der Waals surface area contributed by atoms with Gasteiger partial charge in [0.1, 0.15) is 5.36 Å². The van der Waals surface area contributed by atoms with E-state index in [0.717, 1.165) is 16.0 Å². The van der Waals surface area contributed by atoms with Crippen molar-refractivity contribution in [1.82, 2.24) is 4.98 Å². The molecule has 19 heavy (non-hydrogen) atoms. The molecule has 0 aromatic carbocycles. The van der Waals surface area contributed by atoms with E-state index in [1.165, 1.54) is 11.8 Å². The Labute approximate surface area is 114 Å². The number of rotatable bonds is 0. The Hall–Kier alpha value is -2.23. The molecule has 0 amide bonds. The van der Waals surface area contributed by atoms with Crippen LogP contribution < -0.4 is 10.8 Å². The Balaban J connectivity index is 2.18. The van der Waals surface area contributed by atoms with Gasteiger partial charge in [0.05, 0.1) is 17.3 Å². The minimum absolute atomic E-state index is 0.492. The monoisotopic (exact) mass is 266 g/mol. The fraction of sp³-hybridized carbons (Fsp3) is 0.0714. The normalized spacial score (nSPS) is 20.9. The van der Waals surface area contributed by atoms with Crippen molar-refractivity contribution < 1.29 is 0 Å². The molecule has 4 nitrogen and oxygen atoms in total. The fourth-order valence-electron chi connectivity index (χ4n) is 1.67. The predicted molar refractivity (Wildman–Crippen MR) is 76.3 cm³/mol. The Morgan fingerprint density at radius 1 is 1.37 bits per heavy atom. The zero-order chi connectivity index (χ0) is 13.1. The number of aromatic nitrogens is 1. The molecular weight excluding hydrogens is 256 g/mol. The summed E-state index contributed by atoms with van der Waals surface area (Å²) < 4.78 is 0. The lowest BCUT2D eigenvalue weighted by Gasteiger charge is -2.03. The largest absolute Gasteiger partial charge is 0.275 e. The van der Waals surface area contributed by atoms with Crippen LogP contribution >= 0.6 is 11.8 Å². The van der Waals surface area contributed by atoms with Crippen LogP contribution in [-0.2, 0) is 0 Å². The van der Waals surface area contributed by atoms with E-state index in [4.69, 9.17) is 0 Å². The van der Waals surface area contributed by atoms with Gasteiger partial charge in [-0.25, -0.2) is 9.98 Å². The highest BCUT2D eigenvalue weighted by atomic mass is 32.2. The third-order valence-electron chi connectivity index (χ3n) is 2.52. The molecule has 2 aliphatic heterocycles. The molecule has 0 saturated heterocycles. The van der Waals surface area contributed by atoms with Crippen LogP contribution in [0.5, 0.6) is 0 Å². The van der Waals surface area contributed by atoms with E-state index >= 15 is 0 Å². The lowest BCUT2D eigenvalue weighted by atomic mass is 10.4. The number of pyridine rings is 1. The second-order valence-electron chi connectivity index (χ2n) is 3.84. The predicted octanol–water partition coefficient (Wildman–Crippen LogP) is 1.55. The van der Waals surface area contributed by atoms with Crippen LogP contribution in [0.3, 0.4) is 0 Å². The van der Waals surface area contributed by atoms with Crippen LogP contribution in [-0.4, -0.2) is 17.7 Å². The quantitative estimate of drug-likeness (QED) is 0.669. The van der Waals surface area contributed by atoms with E-state index in [1.807, 2.05) is 18.2 Å². The number of nitrogens with zero attached hydrogens (tertiary/aromatic N) is 4. The van der Waals surface area contributed by atoms with Crippen molar-refractivity contribution in [3.63, 3.8) is 0 Å². The first kappa shape index (κ1) is 11.8. The van der Waals surface area contributed by atoms with Crippen molar-refractivity contribution >= 4 is 18.0 Å². The number of thioether (sulfide) groups is 1. The first-order valence-electron chi connectivity index (χ1n) is 5.72. The van der Waals surface area contributed by atoms with Crippen molar-refractivity contribution in [2.75, 3.05) is 6.54 Å². The van der Waals surface area contributed by atoms with Crippen LogP contribution in [0.25, 0.3) is 0 Å². The van der Waals surface area contributed by atoms with Gasteiger partial charge in [0.25, 0.3) is 0 Å². The molecule has 2 aliphatic rings. The van der Waals surface area contributed by atoms with Gasteiger partial charge < -0.3 is 0 Å². The van der Waals surface area contributed by atoms with E-state index < -0.39 is 0 Å². The topological polar surface area (TPSA) is 50.0 Å².